The number of carbonyl (C=O) groups is 4. The van der Waals surface area contributed by atoms with Gasteiger partial charge in [-0.15, -0.1) is 0 Å². The van der Waals surface area contributed by atoms with Crippen molar-refractivity contribution in [3.8, 4) is 0 Å². The van der Waals surface area contributed by atoms with Crippen molar-refractivity contribution in [3.63, 3.8) is 0 Å². The van der Waals surface area contributed by atoms with Crippen molar-refractivity contribution in [2.45, 2.75) is 25.7 Å². The summed E-state index contributed by atoms with van der Waals surface area (Å²) in [6.45, 7) is 6.84. The number of hydrogen-bond donors (Lipinski definition) is 0. The largest absolute Gasteiger partial charge is 0.461 e. The van der Waals surface area contributed by atoms with Gasteiger partial charge in [0.2, 0.25) is 0 Å². The van der Waals surface area contributed by atoms with Crippen molar-refractivity contribution in [2.24, 2.45) is 0 Å². The molecule has 0 aliphatic heterocycles. The van der Waals surface area contributed by atoms with E-state index in [0.29, 0.717) is 0 Å². The summed E-state index contributed by atoms with van der Waals surface area (Å²) in [5.74, 6) is -2.88. The maximum atomic E-state index is 11.2. The third kappa shape index (κ3) is 11.1. The molecular formula is C14H18O7. The summed E-state index contributed by atoms with van der Waals surface area (Å²) in [6, 6.07) is 0. The van der Waals surface area contributed by atoms with Crippen molar-refractivity contribution in [2.75, 3.05) is 13.2 Å². The molecule has 0 N–H and O–H groups in total. The smallest absolute Gasteiger partial charge is 0.314 e. The lowest BCUT2D eigenvalue weighted by Crippen LogP contribution is -2.16. The number of ether oxygens (including phenoxy) is 3. The van der Waals surface area contributed by atoms with E-state index in [1.165, 1.54) is 12.2 Å². The minimum absolute atomic E-state index is 0.0552. The van der Waals surface area contributed by atoms with Crippen molar-refractivity contribution < 1.29 is 33.4 Å². The van der Waals surface area contributed by atoms with Gasteiger partial charge < -0.3 is 14.2 Å². The van der Waals surface area contributed by atoms with Gasteiger partial charge in [0.25, 0.3) is 0 Å². The second kappa shape index (κ2) is 11.4. The Kier molecular flexibility index (Phi) is 10.1. The highest BCUT2D eigenvalue weighted by Crippen LogP contribution is 2.00. The Hall–Kier alpha value is -2.44. The van der Waals surface area contributed by atoms with Crippen LogP contribution in [0.1, 0.15) is 25.7 Å². The lowest BCUT2D eigenvalue weighted by atomic mass is 10.3. The van der Waals surface area contributed by atoms with Crippen LogP contribution < -0.4 is 0 Å². The molecule has 0 spiro atoms. The van der Waals surface area contributed by atoms with Gasteiger partial charge in [-0.1, -0.05) is 25.3 Å². The van der Waals surface area contributed by atoms with Crippen LogP contribution in [-0.4, -0.2) is 37.1 Å². The standard InChI is InChI=1S/C14H18O7/c1-3-9-19-11(15)5-7-13(17)21-14(18)8-6-12(16)20-10-4-2/h3-4H,1-2,5-10H2. The number of carbonyl (C=O) groups excluding carboxylic acids is 4. The lowest BCUT2D eigenvalue weighted by molar-refractivity contribution is -0.162. The third-order valence-electron chi connectivity index (χ3n) is 2.02. The lowest BCUT2D eigenvalue weighted by Gasteiger charge is -2.04. The van der Waals surface area contributed by atoms with Crippen LogP contribution >= 0.6 is 0 Å². The number of esters is 4. The van der Waals surface area contributed by atoms with Crippen LogP contribution in [0.4, 0.5) is 0 Å². The number of hydrogen-bond acceptors (Lipinski definition) is 7. The summed E-state index contributed by atoms with van der Waals surface area (Å²) >= 11 is 0. The first-order valence-corrected chi connectivity index (χ1v) is 6.26. The van der Waals surface area contributed by atoms with Crippen molar-refractivity contribution >= 4 is 23.9 Å². The van der Waals surface area contributed by atoms with Crippen LogP contribution in [0.5, 0.6) is 0 Å². The maximum Gasteiger partial charge on any atom is 0.314 e. The minimum atomic E-state index is -0.852. The summed E-state index contributed by atoms with van der Waals surface area (Å²) in [5, 5.41) is 0. The van der Waals surface area contributed by atoms with E-state index >= 15 is 0 Å². The monoisotopic (exact) mass is 298 g/mol. The molecule has 0 radical (unpaired) electrons. The van der Waals surface area contributed by atoms with E-state index in [0.717, 1.165) is 0 Å². The van der Waals surface area contributed by atoms with E-state index in [4.69, 9.17) is 0 Å². The fourth-order valence-corrected chi connectivity index (χ4v) is 1.09. The van der Waals surface area contributed by atoms with E-state index < -0.39 is 23.9 Å². The quantitative estimate of drug-likeness (QED) is 0.257. The first-order valence-electron chi connectivity index (χ1n) is 6.26. The zero-order valence-corrected chi connectivity index (χ0v) is 11.7. The zero-order valence-electron chi connectivity index (χ0n) is 11.7. The van der Waals surface area contributed by atoms with Gasteiger partial charge in [0, 0.05) is 0 Å². The van der Waals surface area contributed by atoms with Gasteiger partial charge in [-0.25, -0.2) is 0 Å². The average molecular weight is 298 g/mol. The third-order valence-corrected chi connectivity index (χ3v) is 2.02. The molecule has 0 saturated carbocycles. The van der Waals surface area contributed by atoms with Gasteiger partial charge >= 0.3 is 23.9 Å². The molecule has 0 amide bonds. The summed E-state index contributed by atoms with van der Waals surface area (Å²) in [6.07, 6.45) is 1.85. The Morgan fingerprint density at radius 2 is 1.00 bits per heavy atom. The number of rotatable bonds is 10. The summed E-state index contributed by atoms with van der Waals surface area (Å²) in [5.41, 5.74) is 0. The molecule has 0 aromatic carbocycles. The highest BCUT2D eigenvalue weighted by atomic mass is 16.6. The molecule has 116 valence electrons. The van der Waals surface area contributed by atoms with Crippen molar-refractivity contribution in [1.82, 2.24) is 0 Å². The predicted octanol–water partition coefficient (Wildman–Crippen LogP) is 1.07. The highest BCUT2D eigenvalue weighted by molar-refractivity contribution is 5.88. The van der Waals surface area contributed by atoms with Gasteiger partial charge in [0.05, 0.1) is 25.7 Å². The van der Waals surface area contributed by atoms with E-state index in [9.17, 15) is 19.2 Å². The van der Waals surface area contributed by atoms with Crippen LogP contribution in [0.15, 0.2) is 25.3 Å². The van der Waals surface area contributed by atoms with Crippen LogP contribution in [0.2, 0.25) is 0 Å². The van der Waals surface area contributed by atoms with Gasteiger partial charge in [-0.05, 0) is 0 Å². The molecule has 7 nitrogen and oxygen atoms in total. The van der Waals surface area contributed by atoms with Crippen molar-refractivity contribution in [1.29, 1.82) is 0 Å². The highest BCUT2D eigenvalue weighted by Gasteiger charge is 2.14. The Labute approximate surface area is 122 Å². The fraction of sp³-hybridized carbons (Fsp3) is 0.429. The fourth-order valence-electron chi connectivity index (χ4n) is 1.09. The van der Waals surface area contributed by atoms with Crippen molar-refractivity contribution in [3.05, 3.63) is 25.3 Å². The van der Waals surface area contributed by atoms with Crippen LogP contribution in [0.3, 0.4) is 0 Å². The molecule has 0 unspecified atom stereocenters. The topological polar surface area (TPSA) is 96.0 Å². The molecule has 0 aliphatic rings. The summed E-state index contributed by atoms with van der Waals surface area (Å²) in [4.78, 5) is 44.6. The Balaban J connectivity index is 3.81. The first kappa shape index (κ1) is 18.6. The molecule has 0 aromatic rings. The SMILES string of the molecule is C=CCOC(=O)CCC(=O)OC(=O)CCC(=O)OCC=C. The van der Waals surface area contributed by atoms with Gasteiger partial charge in [-0.2, -0.15) is 0 Å². The maximum absolute atomic E-state index is 11.2. The molecular weight excluding hydrogens is 280 g/mol. The van der Waals surface area contributed by atoms with Crippen LogP contribution in [-0.2, 0) is 33.4 Å². The molecule has 21 heavy (non-hydrogen) atoms. The molecule has 0 bridgehead atoms. The summed E-state index contributed by atoms with van der Waals surface area (Å²) in [7, 11) is 0. The molecule has 0 fully saturated rings. The van der Waals surface area contributed by atoms with Crippen LogP contribution in [0, 0.1) is 0 Å². The molecule has 0 aromatic heterocycles. The minimum Gasteiger partial charge on any atom is -0.461 e. The molecule has 0 heterocycles. The Bertz CT molecular complexity index is 374. The Morgan fingerprint density at radius 1 is 0.667 bits per heavy atom. The Morgan fingerprint density at radius 3 is 1.33 bits per heavy atom. The van der Waals surface area contributed by atoms with Gasteiger partial charge in [0.1, 0.15) is 13.2 Å². The van der Waals surface area contributed by atoms with Gasteiger partial charge in [0.15, 0.2) is 0 Å². The predicted molar refractivity (Wildman–Crippen MR) is 71.9 cm³/mol. The molecule has 0 atom stereocenters. The first-order chi connectivity index (χ1) is 9.99. The average Bonchev–Trinajstić information content (AvgIpc) is 2.46. The molecule has 0 rings (SSSR count). The van der Waals surface area contributed by atoms with Crippen LogP contribution in [0.25, 0.3) is 0 Å². The molecule has 0 saturated heterocycles. The second-order valence-electron chi connectivity index (χ2n) is 3.79. The van der Waals surface area contributed by atoms with E-state index in [1.54, 1.807) is 0 Å². The molecule has 0 aliphatic carbocycles. The second-order valence-corrected chi connectivity index (χ2v) is 3.79. The van der Waals surface area contributed by atoms with E-state index in [1.807, 2.05) is 0 Å². The molecule has 7 heteroatoms. The summed E-state index contributed by atoms with van der Waals surface area (Å²) < 4.78 is 13.7. The van der Waals surface area contributed by atoms with E-state index in [2.05, 4.69) is 27.4 Å². The van der Waals surface area contributed by atoms with Gasteiger partial charge in [-0.3, -0.25) is 19.2 Å². The normalized spacial score (nSPS) is 9.33. The van der Waals surface area contributed by atoms with E-state index in [-0.39, 0.29) is 38.9 Å². The zero-order chi connectivity index (χ0) is 16.1.